The van der Waals surface area contributed by atoms with Gasteiger partial charge in [0.15, 0.2) is 0 Å². The van der Waals surface area contributed by atoms with Gasteiger partial charge in [0.05, 0.1) is 6.61 Å². The Bertz CT molecular complexity index is 418. The maximum absolute atomic E-state index is 13.2. The first kappa shape index (κ1) is 13.2. The van der Waals surface area contributed by atoms with Gasteiger partial charge in [0.2, 0.25) is 5.92 Å². The SMILES string of the molecule is Cc1cc(F)ccc1OCC1CCCC(F)(F)C1. The highest BCUT2D eigenvalue weighted by Crippen LogP contribution is 2.36. The first-order valence-corrected chi connectivity index (χ1v) is 6.23. The summed E-state index contributed by atoms with van der Waals surface area (Å²) in [6, 6.07) is 4.24. The quantitative estimate of drug-likeness (QED) is 0.783. The van der Waals surface area contributed by atoms with E-state index in [0.29, 0.717) is 17.7 Å². The van der Waals surface area contributed by atoms with Crippen LogP contribution in [0.25, 0.3) is 0 Å². The lowest BCUT2D eigenvalue weighted by molar-refractivity contribution is -0.0585. The average Bonchev–Trinajstić information content (AvgIpc) is 2.26. The third kappa shape index (κ3) is 3.40. The van der Waals surface area contributed by atoms with Gasteiger partial charge in [0.25, 0.3) is 0 Å². The molecule has 0 amide bonds. The summed E-state index contributed by atoms with van der Waals surface area (Å²) in [6.45, 7) is 2.02. The molecule has 0 aliphatic heterocycles. The van der Waals surface area contributed by atoms with Crippen molar-refractivity contribution in [1.29, 1.82) is 0 Å². The highest BCUT2D eigenvalue weighted by Gasteiger charge is 2.36. The number of rotatable bonds is 3. The number of hydrogen-bond donors (Lipinski definition) is 0. The van der Waals surface area contributed by atoms with Crippen molar-refractivity contribution in [3.8, 4) is 5.75 Å². The molecular weight excluding hydrogens is 241 g/mol. The Balaban J connectivity index is 1.91. The molecule has 0 bridgehead atoms. The molecule has 0 radical (unpaired) electrons. The highest BCUT2D eigenvalue weighted by atomic mass is 19.3. The number of hydrogen-bond acceptors (Lipinski definition) is 1. The van der Waals surface area contributed by atoms with Crippen LogP contribution in [0.3, 0.4) is 0 Å². The monoisotopic (exact) mass is 258 g/mol. The molecule has 0 N–H and O–H groups in total. The van der Waals surface area contributed by atoms with Crippen LogP contribution < -0.4 is 4.74 Å². The molecule has 18 heavy (non-hydrogen) atoms. The van der Waals surface area contributed by atoms with Gasteiger partial charge < -0.3 is 4.74 Å². The average molecular weight is 258 g/mol. The van der Waals surface area contributed by atoms with Gasteiger partial charge in [-0.2, -0.15) is 0 Å². The highest BCUT2D eigenvalue weighted by molar-refractivity contribution is 5.32. The van der Waals surface area contributed by atoms with E-state index in [1.54, 1.807) is 13.0 Å². The fourth-order valence-electron chi connectivity index (χ4n) is 2.40. The normalized spacial score (nSPS) is 22.8. The number of aryl methyl sites for hydroxylation is 1. The molecule has 1 aliphatic rings. The van der Waals surface area contributed by atoms with E-state index in [9.17, 15) is 13.2 Å². The molecule has 0 saturated heterocycles. The Morgan fingerprint density at radius 3 is 2.83 bits per heavy atom. The van der Waals surface area contributed by atoms with Crippen molar-refractivity contribution in [2.75, 3.05) is 6.61 Å². The van der Waals surface area contributed by atoms with Gasteiger partial charge in [0.1, 0.15) is 11.6 Å². The van der Waals surface area contributed by atoms with Gasteiger partial charge in [-0.15, -0.1) is 0 Å². The molecule has 1 fully saturated rings. The Morgan fingerprint density at radius 2 is 2.17 bits per heavy atom. The summed E-state index contributed by atoms with van der Waals surface area (Å²) in [5, 5.41) is 0. The molecule has 1 aromatic carbocycles. The van der Waals surface area contributed by atoms with E-state index < -0.39 is 5.92 Å². The maximum Gasteiger partial charge on any atom is 0.248 e. The molecule has 1 aromatic rings. The Morgan fingerprint density at radius 1 is 1.39 bits per heavy atom. The largest absolute Gasteiger partial charge is 0.493 e. The predicted molar refractivity (Wildman–Crippen MR) is 63.5 cm³/mol. The number of ether oxygens (including phenoxy) is 1. The van der Waals surface area contributed by atoms with E-state index in [1.807, 2.05) is 0 Å². The second kappa shape index (κ2) is 5.21. The third-order valence-electron chi connectivity index (χ3n) is 3.35. The lowest BCUT2D eigenvalue weighted by Crippen LogP contribution is -2.29. The van der Waals surface area contributed by atoms with Crippen molar-refractivity contribution in [1.82, 2.24) is 0 Å². The van der Waals surface area contributed by atoms with Crippen molar-refractivity contribution in [3.05, 3.63) is 29.6 Å². The molecule has 1 nitrogen and oxygen atoms in total. The summed E-state index contributed by atoms with van der Waals surface area (Å²) in [6.07, 6.45) is 1.20. The van der Waals surface area contributed by atoms with Crippen LogP contribution in [0.2, 0.25) is 0 Å². The van der Waals surface area contributed by atoms with Gasteiger partial charge >= 0.3 is 0 Å². The molecular formula is C14H17F3O. The van der Waals surface area contributed by atoms with Crippen LogP contribution in [0.15, 0.2) is 18.2 Å². The summed E-state index contributed by atoms with van der Waals surface area (Å²) in [5.74, 6) is -2.41. The Hall–Kier alpha value is -1.19. The molecule has 1 aliphatic carbocycles. The summed E-state index contributed by atoms with van der Waals surface area (Å²) in [7, 11) is 0. The number of alkyl halides is 2. The van der Waals surface area contributed by atoms with E-state index in [2.05, 4.69) is 0 Å². The molecule has 1 saturated carbocycles. The summed E-state index contributed by atoms with van der Waals surface area (Å²) in [4.78, 5) is 0. The van der Waals surface area contributed by atoms with Crippen molar-refractivity contribution in [3.63, 3.8) is 0 Å². The van der Waals surface area contributed by atoms with E-state index in [0.717, 1.165) is 6.42 Å². The van der Waals surface area contributed by atoms with E-state index >= 15 is 0 Å². The van der Waals surface area contributed by atoms with E-state index in [1.165, 1.54) is 12.1 Å². The third-order valence-corrected chi connectivity index (χ3v) is 3.35. The fourth-order valence-corrected chi connectivity index (χ4v) is 2.40. The summed E-state index contributed by atoms with van der Waals surface area (Å²) in [5.41, 5.74) is 0.692. The maximum atomic E-state index is 13.2. The fraction of sp³-hybridized carbons (Fsp3) is 0.571. The minimum atomic E-state index is -2.55. The number of halogens is 3. The van der Waals surface area contributed by atoms with Crippen LogP contribution in [-0.4, -0.2) is 12.5 Å². The van der Waals surface area contributed by atoms with E-state index in [-0.39, 0.29) is 31.2 Å². The van der Waals surface area contributed by atoms with Crippen molar-refractivity contribution in [2.24, 2.45) is 5.92 Å². The van der Waals surface area contributed by atoms with Crippen LogP contribution in [0.4, 0.5) is 13.2 Å². The smallest absolute Gasteiger partial charge is 0.248 e. The second-order valence-corrected chi connectivity index (χ2v) is 5.04. The van der Waals surface area contributed by atoms with E-state index in [4.69, 9.17) is 4.74 Å². The zero-order chi connectivity index (χ0) is 13.2. The number of benzene rings is 1. The topological polar surface area (TPSA) is 9.23 Å². The van der Waals surface area contributed by atoms with Crippen molar-refractivity contribution >= 4 is 0 Å². The zero-order valence-electron chi connectivity index (χ0n) is 10.4. The van der Waals surface area contributed by atoms with Crippen LogP contribution in [0.5, 0.6) is 5.75 Å². The zero-order valence-corrected chi connectivity index (χ0v) is 10.4. The van der Waals surface area contributed by atoms with Crippen LogP contribution >= 0.6 is 0 Å². The Kier molecular flexibility index (Phi) is 3.83. The van der Waals surface area contributed by atoms with Gasteiger partial charge in [-0.25, -0.2) is 13.2 Å². The van der Waals surface area contributed by atoms with Crippen LogP contribution in [-0.2, 0) is 0 Å². The summed E-state index contributed by atoms with van der Waals surface area (Å²) >= 11 is 0. The summed E-state index contributed by atoms with van der Waals surface area (Å²) < 4.78 is 44.8. The molecule has 0 spiro atoms. The van der Waals surface area contributed by atoms with Crippen LogP contribution in [0, 0.1) is 18.7 Å². The molecule has 4 heteroatoms. The minimum absolute atomic E-state index is 0.0148. The standard InChI is InChI=1S/C14H17F3O/c1-10-7-12(15)4-5-13(10)18-9-11-3-2-6-14(16,17)8-11/h4-5,7,11H,2-3,6,8-9H2,1H3. The molecule has 100 valence electrons. The predicted octanol–water partition coefficient (Wildman–Crippen LogP) is 4.34. The van der Waals surface area contributed by atoms with Gasteiger partial charge in [-0.05, 0) is 49.4 Å². The van der Waals surface area contributed by atoms with Gasteiger partial charge in [-0.3, -0.25) is 0 Å². The second-order valence-electron chi connectivity index (χ2n) is 5.04. The van der Waals surface area contributed by atoms with Gasteiger partial charge in [-0.1, -0.05) is 0 Å². The van der Waals surface area contributed by atoms with Gasteiger partial charge in [0, 0.05) is 12.8 Å². The molecule has 0 heterocycles. The molecule has 1 atom stereocenters. The minimum Gasteiger partial charge on any atom is -0.493 e. The van der Waals surface area contributed by atoms with Crippen molar-refractivity contribution in [2.45, 2.75) is 38.5 Å². The first-order chi connectivity index (χ1) is 8.46. The lowest BCUT2D eigenvalue weighted by atomic mass is 9.87. The first-order valence-electron chi connectivity index (χ1n) is 6.23. The van der Waals surface area contributed by atoms with Crippen molar-refractivity contribution < 1.29 is 17.9 Å². The molecule has 2 rings (SSSR count). The molecule has 1 unspecified atom stereocenters. The van der Waals surface area contributed by atoms with Crippen LogP contribution in [0.1, 0.15) is 31.2 Å². The Labute approximate surface area is 105 Å². The molecule has 0 aromatic heterocycles. The lowest BCUT2D eigenvalue weighted by Gasteiger charge is -2.28.